The number of hydrogen-bond donors (Lipinski definition) is 1. The molecule has 0 bridgehead atoms. The number of halogens is 1. The summed E-state index contributed by atoms with van der Waals surface area (Å²) in [6.07, 6.45) is 0.481. The fourth-order valence-electron chi connectivity index (χ4n) is 3.34. The molecule has 138 valence electrons. The van der Waals surface area contributed by atoms with Crippen LogP contribution in [-0.2, 0) is 4.79 Å². The smallest absolute Gasteiger partial charge is 0.224 e. The molecule has 1 amide bonds. The minimum Gasteiger partial charge on any atom is -0.383 e. The van der Waals surface area contributed by atoms with E-state index in [1.54, 1.807) is 0 Å². The molecule has 1 aliphatic heterocycles. The Morgan fingerprint density at radius 2 is 1.77 bits per heavy atom. The van der Waals surface area contributed by atoms with Crippen molar-refractivity contribution in [2.75, 3.05) is 42.9 Å². The molecule has 0 saturated carbocycles. The van der Waals surface area contributed by atoms with Crippen molar-refractivity contribution in [3.8, 4) is 0 Å². The maximum Gasteiger partial charge on any atom is 0.224 e. The maximum absolute atomic E-state index is 12.5. The minimum absolute atomic E-state index is 0.199. The second-order valence-corrected chi connectivity index (χ2v) is 7.15. The third kappa shape index (κ3) is 4.31. The van der Waals surface area contributed by atoms with Gasteiger partial charge in [-0.05, 0) is 43.2 Å². The van der Waals surface area contributed by atoms with Crippen LogP contribution in [0.4, 0.5) is 11.4 Å². The number of aryl methyl sites for hydroxylation is 1. The zero-order chi connectivity index (χ0) is 18.5. The summed E-state index contributed by atoms with van der Waals surface area (Å²) in [6, 6.07) is 14.0. The molecular formula is C21H26ClN3O. The lowest BCUT2D eigenvalue weighted by Gasteiger charge is -2.37. The Kier molecular flexibility index (Phi) is 6.04. The molecule has 1 aliphatic rings. The van der Waals surface area contributed by atoms with Gasteiger partial charge in [0.1, 0.15) is 0 Å². The van der Waals surface area contributed by atoms with Gasteiger partial charge in [-0.25, -0.2) is 0 Å². The standard InChI is InChI=1S/C21H26ClN3O/c1-16-6-5-9-20(17(16)2)24-12-14-25(15-13-24)21(26)10-11-23-19-8-4-3-7-18(19)22/h3-9,23H,10-15H2,1-2H3. The van der Waals surface area contributed by atoms with Crippen LogP contribution in [0.1, 0.15) is 17.5 Å². The summed E-state index contributed by atoms with van der Waals surface area (Å²) in [5.74, 6) is 0.199. The van der Waals surface area contributed by atoms with E-state index in [1.165, 1.54) is 16.8 Å². The van der Waals surface area contributed by atoms with Gasteiger partial charge in [0.15, 0.2) is 0 Å². The lowest BCUT2D eigenvalue weighted by molar-refractivity contribution is -0.131. The van der Waals surface area contributed by atoms with Crippen molar-refractivity contribution in [1.82, 2.24) is 4.90 Å². The van der Waals surface area contributed by atoms with Gasteiger partial charge in [-0.15, -0.1) is 0 Å². The number of piperazine rings is 1. The van der Waals surface area contributed by atoms with Crippen molar-refractivity contribution < 1.29 is 4.79 Å². The van der Waals surface area contributed by atoms with E-state index in [-0.39, 0.29) is 5.91 Å². The van der Waals surface area contributed by atoms with E-state index in [9.17, 15) is 4.79 Å². The zero-order valence-corrected chi connectivity index (χ0v) is 16.2. The maximum atomic E-state index is 12.5. The van der Waals surface area contributed by atoms with E-state index in [4.69, 9.17) is 11.6 Å². The molecule has 1 fully saturated rings. The lowest BCUT2D eigenvalue weighted by atomic mass is 10.1. The molecule has 0 aliphatic carbocycles. The van der Waals surface area contributed by atoms with Crippen LogP contribution in [0.3, 0.4) is 0 Å². The second-order valence-electron chi connectivity index (χ2n) is 6.74. The first-order chi connectivity index (χ1) is 12.6. The van der Waals surface area contributed by atoms with E-state index in [0.29, 0.717) is 18.0 Å². The first kappa shape index (κ1) is 18.6. The van der Waals surface area contributed by atoms with Crippen LogP contribution >= 0.6 is 11.6 Å². The first-order valence-corrected chi connectivity index (χ1v) is 9.51. The quantitative estimate of drug-likeness (QED) is 0.859. The monoisotopic (exact) mass is 371 g/mol. The molecular weight excluding hydrogens is 346 g/mol. The summed E-state index contributed by atoms with van der Waals surface area (Å²) in [4.78, 5) is 16.8. The van der Waals surface area contributed by atoms with E-state index < -0.39 is 0 Å². The van der Waals surface area contributed by atoms with Crippen LogP contribution in [0.25, 0.3) is 0 Å². The van der Waals surface area contributed by atoms with Gasteiger partial charge < -0.3 is 15.1 Å². The Morgan fingerprint density at radius 1 is 1.04 bits per heavy atom. The average molecular weight is 372 g/mol. The molecule has 0 atom stereocenters. The Bertz CT molecular complexity index is 770. The van der Waals surface area contributed by atoms with Crippen molar-refractivity contribution in [2.24, 2.45) is 0 Å². The van der Waals surface area contributed by atoms with Gasteiger partial charge >= 0.3 is 0 Å². The summed E-state index contributed by atoms with van der Waals surface area (Å²) in [6.45, 7) is 8.23. The number of anilines is 2. The van der Waals surface area contributed by atoms with E-state index >= 15 is 0 Å². The number of hydrogen-bond acceptors (Lipinski definition) is 3. The molecule has 2 aromatic carbocycles. The van der Waals surface area contributed by atoms with E-state index in [0.717, 1.165) is 31.9 Å². The number of para-hydroxylation sites is 1. The highest BCUT2D eigenvalue weighted by Gasteiger charge is 2.22. The highest BCUT2D eigenvalue weighted by molar-refractivity contribution is 6.33. The van der Waals surface area contributed by atoms with Crippen molar-refractivity contribution in [3.63, 3.8) is 0 Å². The first-order valence-electron chi connectivity index (χ1n) is 9.13. The van der Waals surface area contributed by atoms with Gasteiger partial charge in [0.2, 0.25) is 5.91 Å². The number of amides is 1. The molecule has 0 spiro atoms. The second kappa shape index (κ2) is 8.45. The number of carbonyl (C=O) groups excluding carboxylic acids is 1. The molecule has 1 heterocycles. The Labute approximate surface area is 160 Å². The minimum atomic E-state index is 0.199. The number of nitrogens with zero attached hydrogens (tertiary/aromatic N) is 2. The topological polar surface area (TPSA) is 35.6 Å². The fraction of sp³-hybridized carbons (Fsp3) is 0.381. The molecule has 5 heteroatoms. The summed E-state index contributed by atoms with van der Waals surface area (Å²) in [5, 5.41) is 3.92. The summed E-state index contributed by atoms with van der Waals surface area (Å²) in [5.41, 5.74) is 4.81. The summed E-state index contributed by atoms with van der Waals surface area (Å²) in [7, 11) is 0. The van der Waals surface area contributed by atoms with Crippen LogP contribution in [0.2, 0.25) is 5.02 Å². The highest BCUT2D eigenvalue weighted by Crippen LogP contribution is 2.24. The van der Waals surface area contributed by atoms with Gasteiger partial charge in [-0.1, -0.05) is 35.9 Å². The number of nitrogens with one attached hydrogen (secondary N) is 1. The van der Waals surface area contributed by atoms with Crippen LogP contribution in [0.15, 0.2) is 42.5 Å². The normalized spacial score (nSPS) is 14.4. The molecule has 1 saturated heterocycles. The van der Waals surface area contributed by atoms with Crippen molar-refractivity contribution in [2.45, 2.75) is 20.3 Å². The van der Waals surface area contributed by atoms with Crippen LogP contribution in [0, 0.1) is 13.8 Å². The van der Waals surface area contributed by atoms with Crippen molar-refractivity contribution in [1.29, 1.82) is 0 Å². The largest absolute Gasteiger partial charge is 0.383 e. The molecule has 1 N–H and O–H groups in total. The number of benzene rings is 2. The Morgan fingerprint density at radius 3 is 2.50 bits per heavy atom. The van der Waals surface area contributed by atoms with Gasteiger partial charge in [0.25, 0.3) is 0 Å². The molecule has 2 aromatic rings. The van der Waals surface area contributed by atoms with Crippen LogP contribution in [-0.4, -0.2) is 43.5 Å². The van der Waals surface area contributed by atoms with Crippen molar-refractivity contribution >= 4 is 28.9 Å². The zero-order valence-electron chi connectivity index (χ0n) is 15.5. The number of carbonyl (C=O) groups is 1. The Hall–Kier alpha value is -2.20. The van der Waals surface area contributed by atoms with Crippen molar-refractivity contribution in [3.05, 3.63) is 58.6 Å². The van der Waals surface area contributed by atoms with E-state index in [2.05, 4.69) is 42.3 Å². The van der Waals surface area contributed by atoms with Gasteiger partial charge in [0.05, 0.1) is 10.7 Å². The van der Waals surface area contributed by atoms with Gasteiger partial charge in [0, 0.05) is 44.8 Å². The molecule has 3 rings (SSSR count). The predicted molar refractivity (Wildman–Crippen MR) is 109 cm³/mol. The molecule has 0 unspecified atom stereocenters. The molecule has 26 heavy (non-hydrogen) atoms. The SMILES string of the molecule is Cc1cccc(N2CCN(C(=O)CCNc3ccccc3Cl)CC2)c1C. The molecule has 0 radical (unpaired) electrons. The predicted octanol–water partition coefficient (Wildman–Crippen LogP) is 4.11. The summed E-state index contributed by atoms with van der Waals surface area (Å²) < 4.78 is 0. The average Bonchev–Trinajstić information content (AvgIpc) is 2.65. The molecule has 0 aromatic heterocycles. The highest BCUT2D eigenvalue weighted by atomic mass is 35.5. The van der Waals surface area contributed by atoms with Gasteiger partial charge in [-0.2, -0.15) is 0 Å². The summed E-state index contributed by atoms with van der Waals surface area (Å²) >= 11 is 6.12. The third-order valence-electron chi connectivity index (χ3n) is 5.08. The van der Waals surface area contributed by atoms with Crippen LogP contribution in [0.5, 0.6) is 0 Å². The number of rotatable bonds is 5. The van der Waals surface area contributed by atoms with E-state index in [1.807, 2.05) is 29.2 Å². The lowest BCUT2D eigenvalue weighted by Crippen LogP contribution is -2.49. The van der Waals surface area contributed by atoms with Crippen LogP contribution < -0.4 is 10.2 Å². The third-order valence-corrected chi connectivity index (χ3v) is 5.41. The molecule has 4 nitrogen and oxygen atoms in total. The van der Waals surface area contributed by atoms with Gasteiger partial charge in [-0.3, -0.25) is 4.79 Å². The Balaban J connectivity index is 1.48. The fourth-order valence-corrected chi connectivity index (χ4v) is 3.54.